The Kier molecular flexibility index (Phi) is 4.90. The van der Waals surface area contributed by atoms with Gasteiger partial charge in [0.25, 0.3) is 0 Å². The van der Waals surface area contributed by atoms with Crippen LogP contribution in [-0.2, 0) is 18.9 Å². The van der Waals surface area contributed by atoms with Gasteiger partial charge >= 0.3 is 0 Å². The standard InChI is InChI=1S/C25H40O6/c1-22-7-8-25(30-11-12-31-25)13-16(22)3-4-17-18-5-6-20(23(2)28-9-10-29-23)24(18,15-26)14-19(27)21(17)22/h16-21,26-27H,3-15H2,1-2H3/t16-,17-,18+,19+,20-,21+,22-,24-/m0/s1. The normalized spacial score (nSPS) is 52.6. The molecule has 6 nitrogen and oxygen atoms in total. The van der Waals surface area contributed by atoms with Gasteiger partial charge in [0, 0.05) is 30.8 Å². The molecule has 31 heavy (non-hydrogen) atoms. The largest absolute Gasteiger partial charge is 0.396 e. The molecule has 2 saturated heterocycles. The van der Waals surface area contributed by atoms with E-state index in [0.717, 1.165) is 38.5 Å². The highest BCUT2D eigenvalue weighted by atomic mass is 16.7. The van der Waals surface area contributed by atoms with Gasteiger partial charge in [-0.05, 0) is 74.5 Å². The summed E-state index contributed by atoms with van der Waals surface area (Å²) in [5, 5.41) is 22.5. The number of fused-ring (bicyclic) bond motifs is 5. The van der Waals surface area contributed by atoms with Crippen molar-refractivity contribution in [1.29, 1.82) is 0 Å². The second-order valence-corrected chi connectivity index (χ2v) is 11.9. The zero-order valence-corrected chi connectivity index (χ0v) is 19.2. The molecule has 0 aromatic heterocycles. The molecule has 6 aliphatic rings. The fourth-order valence-electron chi connectivity index (χ4n) is 9.68. The van der Waals surface area contributed by atoms with Gasteiger partial charge in [-0.3, -0.25) is 0 Å². The highest BCUT2D eigenvalue weighted by Gasteiger charge is 2.68. The first-order chi connectivity index (χ1) is 14.9. The van der Waals surface area contributed by atoms with Crippen LogP contribution in [0.3, 0.4) is 0 Å². The SMILES string of the molecule is CC1([C@@H]2CC[C@@H]3[C@@H]4CC[C@H]5CC6(CC[C@]5(C)[C@H]4[C@H](O)C[C@]32CO)OCCO6)OCCO1. The minimum absolute atomic E-state index is 0.118. The Morgan fingerprint density at radius 3 is 2.26 bits per heavy atom. The highest BCUT2D eigenvalue weighted by molar-refractivity contribution is 5.15. The van der Waals surface area contributed by atoms with Crippen LogP contribution in [0.4, 0.5) is 0 Å². The molecule has 8 atom stereocenters. The number of aliphatic hydroxyl groups is 2. The molecule has 6 fully saturated rings. The molecule has 2 aliphatic heterocycles. The van der Waals surface area contributed by atoms with Crippen LogP contribution in [0, 0.1) is 40.4 Å². The van der Waals surface area contributed by atoms with Gasteiger partial charge in [-0.15, -0.1) is 0 Å². The van der Waals surface area contributed by atoms with E-state index in [1.807, 2.05) is 0 Å². The van der Waals surface area contributed by atoms with Gasteiger partial charge in [0.2, 0.25) is 0 Å². The molecule has 176 valence electrons. The Morgan fingerprint density at radius 1 is 0.839 bits per heavy atom. The summed E-state index contributed by atoms with van der Waals surface area (Å²) in [6.07, 6.45) is 7.69. The lowest BCUT2D eigenvalue weighted by molar-refractivity contribution is -0.260. The second kappa shape index (κ2) is 7.13. The summed E-state index contributed by atoms with van der Waals surface area (Å²) in [7, 11) is 0. The number of ether oxygens (including phenoxy) is 4. The molecule has 0 amide bonds. The van der Waals surface area contributed by atoms with E-state index in [9.17, 15) is 10.2 Å². The van der Waals surface area contributed by atoms with Crippen LogP contribution in [-0.4, -0.2) is 60.9 Å². The second-order valence-electron chi connectivity index (χ2n) is 11.9. The minimum atomic E-state index is -0.625. The van der Waals surface area contributed by atoms with Crippen LogP contribution in [0.25, 0.3) is 0 Å². The van der Waals surface area contributed by atoms with Crippen molar-refractivity contribution in [3.05, 3.63) is 0 Å². The van der Waals surface area contributed by atoms with Crippen molar-refractivity contribution < 1.29 is 29.2 Å². The molecular weight excluding hydrogens is 396 g/mol. The van der Waals surface area contributed by atoms with E-state index in [4.69, 9.17) is 18.9 Å². The number of hydrogen-bond acceptors (Lipinski definition) is 6. The van der Waals surface area contributed by atoms with E-state index in [2.05, 4.69) is 13.8 Å². The number of aliphatic hydroxyl groups excluding tert-OH is 2. The zero-order valence-electron chi connectivity index (χ0n) is 19.2. The van der Waals surface area contributed by atoms with E-state index >= 15 is 0 Å². The van der Waals surface area contributed by atoms with Crippen molar-refractivity contribution in [2.75, 3.05) is 33.0 Å². The monoisotopic (exact) mass is 436 g/mol. The van der Waals surface area contributed by atoms with Crippen LogP contribution in [0.1, 0.15) is 65.2 Å². The third-order valence-corrected chi connectivity index (χ3v) is 10.9. The summed E-state index contributed by atoms with van der Waals surface area (Å²) in [5.41, 5.74) is -0.177. The molecule has 0 unspecified atom stereocenters. The predicted octanol–water partition coefficient (Wildman–Crippen LogP) is 3.09. The van der Waals surface area contributed by atoms with Gasteiger partial charge in [0.15, 0.2) is 11.6 Å². The summed E-state index contributed by atoms with van der Waals surface area (Å²) in [6, 6.07) is 0. The third-order valence-electron chi connectivity index (χ3n) is 10.9. The Morgan fingerprint density at radius 2 is 1.55 bits per heavy atom. The number of hydrogen-bond donors (Lipinski definition) is 2. The van der Waals surface area contributed by atoms with Crippen molar-refractivity contribution >= 4 is 0 Å². The van der Waals surface area contributed by atoms with Crippen molar-refractivity contribution in [2.24, 2.45) is 40.4 Å². The molecule has 2 heterocycles. The summed E-state index contributed by atoms with van der Waals surface area (Å²) in [5.74, 6) is 0.892. The first-order valence-electron chi connectivity index (χ1n) is 12.7. The van der Waals surface area contributed by atoms with Crippen molar-refractivity contribution in [3.63, 3.8) is 0 Å². The van der Waals surface area contributed by atoms with Gasteiger partial charge in [-0.25, -0.2) is 0 Å². The van der Waals surface area contributed by atoms with Crippen LogP contribution < -0.4 is 0 Å². The zero-order chi connectivity index (χ0) is 21.5. The van der Waals surface area contributed by atoms with E-state index in [1.165, 1.54) is 6.42 Å². The molecular formula is C25H40O6. The predicted molar refractivity (Wildman–Crippen MR) is 113 cm³/mol. The van der Waals surface area contributed by atoms with Gasteiger partial charge in [-0.1, -0.05) is 6.92 Å². The molecule has 0 radical (unpaired) electrons. The van der Waals surface area contributed by atoms with Gasteiger partial charge in [-0.2, -0.15) is 0 Å². The van der Waals surface area contributed by atoms with Gasteiger partial charge in [0.1, 0.15) is 0 Å². The van der Waals surface area contributed by atoms with Crippen LogP contribution in [0.15, 0.2) is 0 Å². The van der Waals surface area contributed by atoms with Crippen molar-refractivity contribution in [3.8, 4) is 0 Å². The first-order valence-corrected chi connectivity index (χ1v) is 12.7. The van der Waals surface area contributed by atoms with Gasteiger partial charge in [0.05, 0.1) is 32.5 Å². The Balaban J connectivity index is 1.30. The van der Waals surface area contributed by atoms with Crippen LogP contribution in [0.5, 0.6) is 0 Å². The van der Waals surface area contributed by atoms with Crippen molar-refractivity contribution in [2.45, 2.75) is 82.9 Å². The lowest BCUT2D eigenvalue weighted by Gasteiger charge is -2.63. The van der Waals surface area contributed by atoms with Crippen molar-refractivity contribution in [1.82, 2.24) is 0 Å². The fraction of sp³-hybridized carbons (Fsp3) is 1.00. The lowest BCUT2D eigenvalue weighted by atomic mass is 9.43. The Hall–Kier alpha value is -0.240. The molecule has 4 aliphatic carbocycles. The average Bonchev–Trinajstić information content (AvgIpc) is 3.48. The maximum Gasteiger partial charge on any atom is 0.169 e. The van der Waals surface area contributed by atoms with E-state index in [1.54, 1.807) is 0 Å². The molecule has 1 spiro atoms. The Bertz CT molecular complexity index is 700. The summed E-state index contributed by atoms with van der Waals surface area (Å²) >= 11 is 0. The quantitative estimate of drug-likeness (QED) is 0.693. The molecule has 6 rings (SSSR count). The molecule has 0 aromatic rings. The maximum atomic E-state index is 11.7. The highest BCUT2D eigenvalue weighted by Crippen LogP contribution is 2.69. The molecule has 6 heteroatoms. The summed E-state index contributed by atoms with van der Waals surface area (Å²) < 4.78 is 24.3. The average molecular weight is 437 g/mol. The lowest BCUT2D eigenvalue weighted by Crippen LogP contribution is -2.62. The minimum Gasteiger partial charge on any atom is -0.396 e. The smallest absolute Gasteiger partial charge is 0.169 e. The van der Waals surface area contributed by atoms with E-state index in [-0.39, 0.29) is 35.2 Å². The molecule has 0 aromatic carbocycles. The number of rotatable bonds is 2. The third kappa shape index (κ3) is 2.85. The first kappa shape index (κ1) is 21.3. The van der Waals surface area contributed by atoms with E-state index in [0.29, 0.717) is 56.5 Å². The summed E-state index contributed by atoms with van der Waals surface area (Å²) in [4.78, 5) is 0. The topological polar surface area (TPSA) is 77.4 Å². The molecule has 2 N–H and O–H groups in total. The molecule has 4 saturated carbocycles. The Labute approximate surface area is 186 Å². The van der Waals surface area contributed by atoms with E-state index < -0.39 is 5.79 Å². The fourth-order valence-corrected chi connectivity index (χ4v) is 9.68. The van der Waals surface area contributed by atoms with Crippen LogP contribution >= 0.6 is 0 Å². The molecule has 0 bridgehead atoms. The maximum absolute atomic E-state index is 11.7. The van der Waals surface area contributed by atoms with Gasteiger partial charge < -0.3 is 29.2 Å². The summed E-state index contributed by atoms with van der Waals surface area (Å²) in [6.45, 7) is 7.29. The van der Waals surface area contributed by atoms with Crippen LogP contribution in [0.2, 0.25) is 0 Å².